The van der Waals surface area contributed by atoms with E-state index in [0.717, 1.165) is 42.9 Å². The maximum Gasteiger partial charge on any atom is 0.127 e. The van der Waals surface area contributed by atoms with E-state index in [-0.39, 0.29) is 6.42 Å². The summed E-state index contributed by atoms with van der Waals surface area (Å²) < 4.78 is 7.13. The van der Waals surface area contributed by atoms with Crippen LogP contribution < -0.4 is 9.84 Å². The summed E-state index contributed by atoms with van der Waals surface area (Å²) in [5.74, 6) is -0.283. The zero-order valence-electron chi connectivity index (χ0n) is 16.0. The monoisotopic (exact) mass is 477 g/mol. The molecule has 30 heavy (non-hydrogen) atoms. The van der Waals surface area contributed by atoms with E-state index in [1.165, 1.54) is 0 Å². The van der Waals surface area contributed by atoms with Crippen molar-refractivity contribution in [3.05, 3.63) is 99.8 Å². The maximum absolute atomic E-state index is 11.0. The molecule has 0 radical (unpaired) electrons. The SMILES string of the molecule is O=C([O-])Cc1cccc(-c2sccc2-c2cc(Br)ccc2OCc2ccccc2)c1. The van der Waals surface area contributed by atoms with Gasteiger partial charge in [-0.1, -0.05) is 64.5 Å². The third-order valence-electron chi connectivity index (χ3n) is 4.67. The standard InChI is InChI=1S/C25H19BrO3S/c26-20-9-10-23(29-16-17-5-2-1-3-6-17)22(15-20)21-11-12-30-25(21)19-8-4-7-18(13-19)14-24(27)28/h1-13,15H,14,16H2,(H,27,28)/p-1. The van der Waals surface area contributed by atoms with Crippen LogP contribution in [0.25, 0.3) is 21.6 Å². The second-order valence-electron chi connectivity index (χ2n) is 6.83. The number of aliphatic carboxylic acids is 1. The maximum atomic E-state index is 11.0. The molecule has 150 valence electrons. The van der Waals surface area contributed by atoms with Crippen LogP contribution in [0.4, 0.5) is 0 Å². The van der Waals surface area contributed by atoms with Gasteiger partial charge in [-0.05, 0) is 52.4 Å². The van der Waals surface area contributed by atoms with Gasteiger partial charge in [0.05, 0.1) is 0 Å². The zero-order chi connectivity index (χ0) is 20.9. The number of hydrogen-bond donors (Lipinski definition) is 0. The van der Waals surface area contributed by atoms with Crippen molar-refractivity contribution in [2.45, 2.75) is 13.0 Å². The molecule has 0 amide bonds. The van der Waals surface area contributed by atoms with E-state index in [1.807, 2.05) is 66.0 Å². The van der Waals surface area contributed by atoms with Crippen LogP contribution in [-0.2, 0) is 17.8 Å². The highest BCUT2D eigenvalue weighted by Gasteiger charge is 2.15. The van der Waals surface area contributed by atoms with Crippen molar-refractivity contribution in [1.82, 2.24) is 0 Å². The Morgan fingerprint density at radius 2 is 1.70 bits per heavy atom. The topological polar surface area (TPSA) is 49.4 Å². The lowest BCUT2D eigenvalue weighted by Crippen LogP contribution is -2.24. The fourth-order valence-electron chi connectivity index (χ4n) is 3.31. The third-order valence-corrected chi connectivity index (χ3v) is 6.13. The Morgan fingerprint density at radius 1 is 0.900 bits per heavy atom. The van der Waals surface area contributed by atoms with E-state index < -0.39 is 5.97 Å². The molecular formula is C25H18BrO3S-. The average Bonchev–Trinajstić information content (AvgIpc) is 3.23. The fraction of sp³-hybridized carbons (Fsp3) is 0.0800. The molecule has 0 saturated heterocycles. The van der Waals surface area contributed by atoms with Crippen molar-refractivity contribution >= 4 is 33.2 Å². The van der Waals surface area contributed by atoms with Gasteiger partial charge in [-0.2, -0.15) is 0 Å². The molecule has 3 nitrogen and oxygen atoms in total. The highest BCUT2D eigenvalue weighted by atomic mass is 79.9. The smallest absolute Gasteiger partial charge is 0.127 e. The normalized spacial score (nSPS) is 10.7. The highest BCUT2D eigenvalue weighted by molar-refractivity contribution is 9.10. The number of rotatable bonds is 7. The first-order valence-corrected chi connectivity index (χ1v) is 11.1. The van der Waals surface area contributed by atoms with Crippen LogP contribution in [0.2, 0.25) is 0 Å². The molecule has 1 aromatic heterocycles. The molecule has 0 N–H and O–H groups in total. The molecule has 0 aliphatic carbocycles. The van der Waals surface area contributed by atoms with Gasteiger partial charge in [-0.3, -0.25) is 0 Å². The predicted molar refractivity (Wildman–Crippen MR) is 122 cm³/mol. The highest BCUT2D eigenvalue weighted by Crippen LogP contribution is 2.42. The Balaban J connectivity index is 1.70. The van der Waals surface area contributed by atoms with Crippen LogP contribution >= 0.6 is 27.3 Å². The largest absolute Gasteiger partial charge is 0.550 e. The van der Waals surface area contributed by atoms with Crippen molar-refractivity contribution in [1.29, 1.82) is 0 Å². The van der Waals surface area contributed by atoms with Crippen LogP contribution in [0.1, 0.15) is 11.1 Å². The first kappa shape index (κ1) is 20.4. The van der Waals surface area contributed by atoms with Crippen LogP contribution in [0.3, 0.4) is 0 Å². The summed E-state index contributed by atoms with van der Waals surface area (Å²) in [6, 6.07) is 25.7. The number of hydrogen-bond acceptors (Lipinski definition) is 4. The molecule has 0 aliphatic rings. The van der Waals surface area contributed by atoms with Gasteiger partial charge in [-0.15, -0.1) is 11.3 Å². The molecule has 0 spiro atoms. The van der Waals surface area contributed by atoms with Gasteiger partial charge in [0.1, 0.15) is 12.4 Å². The quantitative estimate of drug-likeness (QED) is 0.342. The van der Waals surface area contributed by atoms with E-state index in [4.69, 9.17) is 4.74 Å². The molecular weight excluding hydrogens is 460 g/mol. The number of ether oxygens (including phenoxy) is 1. The van der Waals surface area contributed by atoms with Crippen LogP contribution in [0, 0.1) is 0 Å². The molecule has 3 aromatic carbocycles. The van der Waals surface area contributed by atoms with Crippen LogP contribution in [0.5, 0.6) is 5.75 Å². The van der Waals surface area contributed by atoms with Crippen molar-refractivity contribution in [3.63, 3.8) is 0 Å². The summed E-state index contributed by atoms with van der Waals surface area (Å²) in [5.41, 5.74) is 4.85. The summed E-state index contributed by atoms with van der Waals surface area (Å²) in [4.78, 5) is 12.1. The van der Waals surface area contributed by atoms with E-state index in [9.17, 15) is 9.90 Å². The van der Waals surface area contributed by atoms with E-state index in [2.05, 4.69) is 28.1 Å². The summed E-state index contributed by atoms with van der Waals surface area (Å²) in [5, 5.41) is 13.0. The Labute approximate surface area is 187 Å². The van der Waals surface area contributed by atoms with Gasteiger partial charge in [0.15, 0.2) is 0 Å². The molecule has 1 heterocycles. The first-order valence-electron chi connectivity index (χ1n) is 9.43. The predicted octanol–water partition coefficient (Wildman–Crippen LogP) is 5.72. The molecule has 4 rings (SSSR count). The molecule has 0 fully saturated rings. The van der Waals surface area contributed by atoms with Gasteiger partial charge in [-0.25, -0.2) is 0 Å². The molecule has 0 saturated carbocycles. The molecule has 4 aromatic rings. The lowest BCUT2D eigenvalue weighted by Gasteiger charge is -2.14. The summed E-state index contributed by atoms with van der Waals surface area (Å²) >= 11 is 5.19. The second kappa shape index (κ2) is 9.28. The second-order valence-corrected chi connectivity index (χ2v) is 8.66. The number of thiophene rings is 1. The lowest BCUT2D eigenvalue weighted by atomic mass is 10.00. The average molecular weight is 478 g/mol. The lowest BCUT2D eigenvalue weighted by molar-refractivity contribution is -0.304. The summed E-state index contributed by atoms with van der Waals surface area (Å²) in [7, 11) is 0. The molecule has 5 heteroatoms. The number of halogens is 1. The third kappa shape index (κ3) is 4.81. The Bertz CT molecular complexity index is 1170. The molecule has 0 bridgehead atoms. The molecule has 0 aliphatic heterocycles. The minimum atomic E-state index is -1.08. The van der Waals surface area contributed by atoms with Crippen molar-refractivity contribution in [2.24, 2.45) is 0 Å². The van der Waals surface area contributed by atoms with Crippen molar-refractivity contribution in [2.75, 3.05) is 0 Å². The Kier molecular flexibility index (Phi) is 6.31. The molecule has 0 unspecified atom stereocenters. The van der Waals surface area contributed by atoms with Gasteiger partial charge in [0, 0.05) is 32.9 Å². The van der Waals surface area contributed by atoms with Crippen LogP contribution in [-0.4, -0.2) is 5.97 Å². The zero-order valence-corrected chi connectivity index (χ0v) is 18.4. The first-order chi connectivity index (χ1) is 14.6. The fourth-order valence-corrected chi connectivity index (χ4v) is 4.58. The van der Waals surface area contributed by atoms with E-state index in [0.29, 0.717) is 6.61 Å². The van der Waals surface area contributed by atoms with Gasteiger partial charge < -0.3 is 14.6 Å². The summed E-state index contributed by atoms with van der Waals surface area (Å²) in [6.07, 6.45) is -0.100. The van der Waals surface area contributed by atoms with Gasteiger partial charge in [0.2, 0.25) is 0 Å². The van der Waals surface area contributed by atoms with E-state index in [1.54, 1.807) is 17.4 Å². The number of carbonyl (C=O) groups is 1. The Morgan fingerprint density at radius 3 is 2.50 bits per heavy atom. The van der Waals surface area contributed by atoms with Gasteiger partial charge in [0.25, 0.3) is 0 Å². The number of carboxylic acids is 1. The van der Waals surface area contributed by atoms with E-state index >= 15 is 0 Å². The summed E-state index contributed by atoms with van der Waals surface area (Å²) in [6.45, 7) is 0.482. The van der Waals surface area contributed by atoms with Crippen molar-refractivity contribution < 1.29 is 14.6 Å². The van der Waals surface area contributed by atoms with Gasteiger partial charge >= 0.3 is 0 Å². The minimum absolute atomic E-state index is 0.100. The Hall–Kier alpha value is -2.89. The van der Waals surface area contributed by atoms with Crippen molar-refractivity contribution in [3.8, 4) is 27.3 Å². The number of carbonyl (C=O) groups excluding carboxylic acids is 1. The number of carboxylic acid groups (broad SMARTS) is 1. The number of benzene rings is 3. The van der Waals surface area contributed by atoms with Crippen LogP contribution in [0.15, 0.2) is 88.7 Å². The minimum Gasteiger partial charge on any atom is -0.550 e. The molecule has 0 atom stereocenters.